The number of rotatable bonds is 9. The molecule has 0 saturated carbocycles. The molecular formula is C19H20N2O2S. The Labute approximate surface area is 145 Å². The predicted molar refractivity (Wildman–Crippen MR) is 94.9 cm³/mol. The first kappa shape index (κ1) is 16.6. The largest absolute Gasteiger partial charge is 0.333 e. The van der Waals surface area contributed by atoms with Crippen molar-refractivity contribution in [2.75, 3.05) is 0 Å². The van der Waals surface area contributed by atoms with Gasteiger partial charge in [-0.05, 0) is 36.3 Å². The van der Waals surface area contributed by atoms with Crippen LogP contribution in [0.5, 0.6) is 0 Å². The fourth-order valence-electron chi connectivity index (χ4n) is 2.56. The molecule has 0 N–H and O–H groups in total. The minimum atomic E-state index is 0.174. The van der Waals surface area contributed by atoms with Gasteiger partial charge in [0.2, 0.25) is 0 Å². The Kier molecular flexibility index (Phi) is 5.90. The molecule has 2 aromatic heterocycles. The topological polar surface area (TPSA) is 56.0 Å². The standard InChI is InChI=1S/C19H20N2O2S/c22-16(11-6-2-5-10-15-8-3-1-4-9-15)14-18-20-19(23-21-18)17-12-7-13-24-17/h1,3-4,7-9,12-13H,2,5-6,10-11,14H2. The van der Waals surface area contributed by atoms with Gasteiger partial charge in [0.15, 0.2) is 5.82 Å². The van der Waals surface area contributed by atoms with E-state index in [1.165, 1.54) is 5.56 Å². The Morgan fingerprint density at radius 2 is 1.92 bits per heavy atom. The van der Waals surface area contributed by atoms with Crippen LogP contribution in [0.1, 0.15) is 37.1 Å². The first-order chi connectivity index (χ1) is 11.8. The number of hydrogen-bond acceptors (Lipinski definition) is 5. The third-order valence-corrected chi connectivity index (χ3v) is 4.68. The predicted octanol–water partition coefficient (Wildman–Crippen LogP) is 4.71. The van der Waals surface area contributed by atoms with Crippen LogP contribution in [0.2, 0.25) is 0 Å². The SMILES string of the molecule is O=C(CCCCCc1ccccc1)Cc1noc(-c2cccs2)n1. The zero-order valence-corrected chi connectivity index (χ0v) is 14.3. The van der Waals surface area contributed by atoms with Crippen molar-refractivity contribution in [1.29, 1.82) is 0 Å². The number of aromatic nitrogens is 2. The van der Waals surface area contributed by atoms with E-state index in [1.807, 2.05) is 23.6 Å². The summed E-state index contributed by atoms with van der Waals surface area (Å²) in [5.74, 6) is 1.15. The van der Waals surface area contributed by atoms with Gasteiger partial charge in [0, 0.05) is 6.42 Å². The van der Waals surface area contributed by atoms with Gasteiger partial charge in [0.1, 0.15) is 5.78 Å². The Bertz CT molecular complexity index is 751. The van der Waals surface area contributed by atoms with Crippen molar-refractivity contribution in [3.8, 4) is 10.8 Å². The van der Waals surface area contributed by atoms with Crippen molar-refractivity contribution in [3.05, 3.63) is 59.2 Å². The molecule has 3 aromatic rings. The van der Waals surface area contributed by atoms with E-state index in [4.69, 9.17) is 4.52 Å². The van der Waals surface area contributed by atoms with Gasteiger partial charge in [-0.2, -0.15) is 4.98 Å². The molecule has 0 saturated heterocycles. The van der Waals surface area contributed by atoms with Crippen molar-refractivity contribution in [1.82, 2.24) is 10.1 Å². The van der Waals surface area contributed by atoms with E-state index in [1.54, 1.807) is 11.3 Å². The van der Waals surface area contributed by atoms with E-state index in [2.05, 4.69) is 34.4 Å². The Morgan fingerprint density at radius 1 is 1.04 bits per heavy atom. The lowest BCUT2D eigenvalue weighted by atomic mass is 10.0. The molecule has 5 heteroatoms. The molecule has 4 nitrogen and oxygen atoms in total. The summed E-state index contributed by atoms with van der Waals surface area (Å²) < 4.78 is 5.20. The fourth-order valence-corrected chi connectivity index (χ4v) is 3.21. The zero-order valence-electron chi connectivity index (χ0n) is 13.5. The molecule has 0 aliphatic carbocycles. The molecule has 124 valence electrons. The number of Topliss-reactive ketones (excluding diaryl/α,β-unsaturated/α-hetero) is 1. The minimum absolute atomic E-state index is 0.174. The lowest BCUT2D eigenvalue weighted by molar-refractivity contribution is -0.118. The summed E-state index contributed by atoms with van der Waals surface area (Å²) in [4.78, 5) is 17.2. The molecule has 0 atom stereocenters. The minimum Gasteiger partial charge on any atom is -0.333 e. The number of nitrogens with zero attached hydrogens (tertiary/aromatic N) is 2. The second-order valence-electron chi connectivity index (χ2n) is 5.75. The van der Waals surface area contributed by atoms with E-state index in [0.29, 0.717) is 18.1 Å². The summed E-state index contributed by atoms with van der Waals surface area (Å²) in [5, 5.41) is 5.85. The Hall–Kier alpha value is -2.27. The van der Waals surface area contributed by atoms with Gasteiger partial charge in [-0.25, -0.2) is 0 Å². The lowest BCUT2D eigenvalue weighted by Gasteiger charge is -2.01. The van der Waals surface area contributed by atoms with Crippen molar-refractivity contribution < 1.29 is 9.32 Å². The average molecular weight is 340 g/mol. The second-order valence-corrected chi connectivity index (χ2v) is 6.70. The third-order valence-electron chi connectivity index (χ3n) is 3.82. The number of carbonyl (C=O) groups is 1. The highest BCUT2D eigenvalue weighted by molar-refractivity contribution is 7.13. The Balaban J connectivity index is 1.35. The van der Waals surface area contributed by atoms with E-state index >= 15 is 0 Å². The molecule has 0 bridgehead atoms. The molecule has 0 aliphatic rings. The molecule has 0 radical (unpaired) electrons. The smallest absolute Gasteiger partial charge is 0.267 e. The van der Waals surface area contributed by atoms with Crippen LogP contribution >= 0.6 is 11.3 Å². The summed E-state index contributed by atoms with van der Waals surface area (Å²) in [5.41, 5.74) is 1.36. The number of hydrogen-bond donors (Lipinski definition) is 0. The van der Waals surface area contributed by atoms with Gasteiger partial charge in [0.05, 0.1) is 11.3 Å². The van der Waals surface area contributed by atoms with Crippen LogP contribution in [-0.4, -0.2) is 15.9 Å². The molecule has 0 aliphatic heterocycles. The van der Waals surface area contributed by atoms with Crippen LogP contribution < -0.4 is 0 Å². The van der Waals surface area contributed by atoms with Crippen molar-refractivity contribution in [2.45, 2.75) is 38.5 Å². The van der Waals surface area contributed by atoms with Crippen LogP contribution in [0, 0.1) is 0 Å². The van der Waals surface area contributed by atoms with E-state index in [-0.39, 0.29) is 12.2 Å². The molecule has 0 amide bonds. The molecule has 24 heavy (non-hydrogen) atoms. The number of unbranched alkanes of at least 4 members (excludes halogenated alkanes) is 2. The third kappa shape index (κ3) is 4.86. The Morgan fingerprint density at radius 3 is 2.71 bits per heavy atom. The molecular weight excluding hydrogens is 320 g/mol. The molecule has 0 spiro atoms. The number of ketones is 1. The maximum absolute atomic E-state index is 12.0. The van der Waals surface area contributed by atoms with Gasteiger partial charge < -0.3 is 4.52 Å². The van der Waals surface area contributed by atoms with E-state index in [9.17, 15) is 4.79 Å². The van der Waals surface area contributed by atoms with Crippen LogP contribution in [0.25, 0.3) is 10.8 Å². The highest BCUT2D eigenvalue weighted by atomic mass is 32.1. The number of benzene rings is 1. The highest BCUT2D eigenvalue weighted by Gasteiger charge is 2.12. The van der Waals surface area contributed by atoms with E-state index in [0.717, 1.165) is 30.6 Å². The molecule has 3 rings (SSSR count). The van der Waals surface area contributed by atoms with Gasteiger partial charge in [-0.15, -0.1) is 11.3 Å². The summed E-state index contributed by atoms with van der Waals surface area (Å²) in [6.45, 7) is 0. The summed E-state index contributed by atoms with van der Waals surface area (Å²) >= 11 is 1.54. The number of aryl methyl sites for hydroxylation is 1. The molecule has 0 unspecified atom stereocenters. The van der Waals surface area contributed by atoms with Crippen molar-refractivity contribution in [3.63, 3.8) is 0 Å². The van der Waals surface area contributed by atoms with Gasteiger partial charge in [-0.1, -0.05) is 48.0 Å². The second kappa shape index (κ2) is 8.55. The van der Waals surface area contributed by atoms with Crippen molar-refractivity contribution >= 4 is 17.1 Å². The normalized spacial score (nSPS) is 10.8. The summed E-state index contributed by atoms with van der Waals surface area (Å²) in [7, 11) is 0. The van der Waals surface area contributed by atoms with Gasteiger partial charge >= 0.3 is 0 Å². The van der Waals surface area contributed by atoms with Gasteiger partial charge in [0.25, 0.3) is 5.89 Å². The van der Waals surface area contributed by atoms with Crippen molar-refractivity contribution in [2.24, 2.45) is 0 Å². The quantitative estimate of drug-likeness (QED) is 0.529. The average Bonchev–Trinajstić information content (AvgIpc) is 3.27. The number of thiophene rings is 1. The van der Waals surface area contributed by atoms with Crippen LogP contribution in [0.15, 0.2) is 52.4 Å². The highest BCUT2D eigenvalue weighted by Crippen LogP contribution is 2.22. The molecule has 2 heterocycles. The lowest BCUT2D eigenvalue weighted by Crippen LogP contribution is -2.04. The van der Waals surface area contributed by atoms with Gasteiger partial charge in [-0.3, -0.25) is 4.79 Å². The first-order valence-electron chi connectivity index (χ1n) is 8.23. The molecule has 1 aromatic carbocycles. The van der Waals surface area contributed by atoms with Crippen LogP contribution in [0.4, 0.5) is 0 Å². The first-order valence-corrected chi connectivity index (χ1v) is 9.11. The van der Waals surface area contributed by atoms with Crippen LogP contribution in [-0.2, 0) is 17.6 Å². The van der Waals surface area contributed by atoms with Crippen LogP contribution in [0.3, 0.4) is 0 Å². The van der Waals surface area contributed by atoms with E-state index < -0.39 is 0 Å². The zero-order chi connectivity index (χ0) is 16.6. The summed E-state index contributed by atoms with van der Waals surface area (Å²) in [6.07, 6.45) is 5.01. The fraction of sp³-hybridized carbons (Fsp3) is 0.316. The monoisotopic (exact) mass is 340 g/mol. The maximum Gasteiger partial charge on any atom is 0.267 e. The number of carbonyl (C=O) groups excluding carboxylic acids is 1. The maximum atomic E-state index is 12.0. The molecule has 0 fully saturated rings. The summed E-state index contributed by atoms with van der Waals surface area (Å²) in [6, 6.07) is 14.3.